The summed E-state index contributed by atoms with van der Waals surface area (Å²) >= 11 is 8.77. The van der Waals surface area contributed by atoms with Crippen LogP contribution < -0.4 is 0 Å². The summed E-state index contributed by atoms with van der Waals surface area (Å²) in [5, 5.41) is 19.1. The fourth-order valence-electron chi connectivity index (χ4n) is 5.41. The first-order valence-electron chi connectivity index (χ1n) is 14.9. The number of carbonyl (C=O) groups is 1. The van der Waals surface area contributed by atoms with Gasteiger partial charge in [0.15, 0.2) is 0 Å². The summed E-state index contributed by atoms with van der Waals surface area (Å²) in [6.07, 6.45) is 1.03. The van der Waals surface area contributed by atoms with E-state index in [2.05, 4.69) is 98.8 Å². The molecule has 230 valence electrons. The van der Waals surface area contributed by atoms with Crippen molar-refractivity contribution in [3.05, 3.63) is 119 Å². The van der Waals surface area contributed by atoms with E-state index in [4.69, 9.17) is 0 Å². The van der Waals surface area contributed by atoms with Crippen LogP contribution in [0.15, 0.2) is 97.1 Å². The van der Waals surface area contributed by atoms with Gasteiger partial charge >= 0.3 is 5.97 Å². The zero-order valence-corrected chi connectivity index (χ0v) is 29.3. The lowest BCUT2D eigenvalue weighted by Crippen LogP contribution is -1.99. The Kier molecular flexibility index (Phi) is 8.92. The van der Waals surface area contributed by atoms with Crippen molar-refractivity contribution in [1.29, 1.82) is 0 Å². The fourth-order valence-corrected chi connectivity index (χ4v) is 11.3. The molecule has 0 aliphatic carbocycles. The third-order valence-electron chi connectivity index (χ3n) is 7.89. The predicted molar refractivity (Wildman–Crippen MR) is 200 cm³/mol. The standard InChI is InChI=1S/C38H30O3S5/c1-3-23-4-8-25(9-5-23)28-13-15-31(43-28)35-19-27(20-36(40)41)38(46-35)33-17-16-32(44-33)37-22(2)18-34(45-37)30-14-12-29(42-30)26-10-6-24(21-39)7-11-26/h4-19,39H,3,20-21H2,1-2H3,(H,40,41). The molecule has 5 aromatic heterocycles. The van der Waals surface area contributed by atoms with Gasteiger partial charge in [-0.1, -0.05) is 55.5 Å². The number of carboxylic acid groups (broad SMARTS) is 1. The maximum atomic E-state index is 11.9. The van der Waals surface area contributed by atoms with Gasteiger partial charge in [0.2, 0.25) is 0 Å². The van der Waals surface area contributed by atoms with Crippen molar-refractivity contribution in [3.8, 4) is 59.9 Å². The number of hydrogen-bond acceptors (Lipinski definition) is 7. The van der Waals surface area contributed by atoms with Crippen molar-refractivity contribution in [2.24, 2.45) is 0 Å². The third-order valence-corrected chi connectivity index (χ3v) is 14.4. The minimum atomic E-state index is -0.816. The van der Waals surface area contributed by atoms with Crippen LogP contribution in [0.1, 0.15) is 29.2 Å². The highest BCUT2D eigenvalue weighted by molar-refractivity contribution is 7.30. The lowest BCUT2D eigenvalue weighted by Gasteiger charge is -1.99. The Balaban J connectivity index is 1.16. The summed E-state index contributed by atoms with van der Waals surface area (Å²) in [7, 11) is 0. The Morgan fingerprint density at radius 3 is 1.61 bits per heavy atom. The number of carboxylic acids is 1. The zero-order chi connectivity index (χ0) is 31.8. The SMILES string of the molecule is CCc1ccc(-c2ccc(-c3cc(CC(=O)O)c(-c4ccc(-c5sc(-c6ccc(-c7ccc(CO)cc7)s6)cc5C)s4)s3)s2)cc1. The first kappa shape index (κ1) is 31.0. The number of aliphatic hydroxyl groups is 1. The van der Waals surface area contributed by atoms with Gasteiger partial charge in [0.25, 0.3) is 0 Å². The summed E-state index contributed by atoms with van der Waals surface area (Å²) < 4.78 is 0. The maximum Gasteiger partial charge on any atom is 0.307 e. The molecule has 7 aromatic rings. The van der Waals surface area contributed by atoms with Crippen LogP contribution >= 0.6 is 56.7 Å². The van der Waals surface area contributed by atoms with E-state index in [1.54, 1.807) is 45.3 Å². The van der Waals surface area contributed by atoms with Gasteiger partial charge in [-0.15, -0.1) is 56.7 Å². The van der Waals surface area contributed by atoms with E-state index in [-0.39, 0.29) is 13.0 Å². The Morgan fingerprint density at radius 1 is 0.565 bits per heavy atom. The second-order valence-corrected chi connectivity index (χ2v) is 16.4. The molecule has 5 heterocycles. The summed E-state index contributed by atoms with van der Waals surface area (Å²) in [6.45, 7) is 4.38. The van der Waals surface area contributed by atoms with Gasteiger partial charge in [0.05, 0.1) is 13.0 Å². The number of hydrogen-bond donors (Lipinski definition) is 2. The first-order chi connectivity index (χ1) is 22.4. The molecule has 0 radical (unpaired) electrons. The molecule has 2 aromatic carbocycles. The quantitative estimate of drug-likeness (QED) is 0.150. The Labute approximate surface area is 288 Å². The molecule has 0 atom stereocenters. The van der Waals surface area contributed by atoms with Crippen molar-refractivity contribution in [3.63, 3.8) is 0 Å². The molecular weight excluding hydrogens is 665 g/mol. The second-order valence-electron chi connectivity index (χ2n) is 11.1. The molecule has 0 saturated heterocycles. The number of aryl methyl sites for hydroxylation is 2. The zero-order valence-electron chi connectivity index (χ0n) is 25.2. The van der Waals surface area contributed by atoms with Crippen LogP contribution in [0.2, 0.25) is 0 Å². The van der Waals surface area contributed by atoms with E-state index in [0.29, 0.717) is 0 Å². The van der Waals surface area contributed by atoms with Gasteiger partial charge in [0.1, 0.15) is 0 Å². The molecule has 0 fully saturated rings. The van der Waals surface area contributed by atoms with E-state index in [1.165, 1.54) is 46.0 Å². The van der Waals surface area contributed by atoms with Crippen LogP contribution in [0, 0.1) is 6.92 Å². The third kappa shape index (κ3) is 6.34. The fraction of sp³-hybridized carbons (Fsp3) is 0.132. The summed E-state index contributed by atoms with van der Waals surface area (Å²) in [6, 6.07) is 34.2. The smallest absolute Gasteiger partial charge is 0.307 e. The first-order valence-corrected chi connectivity index (χ1v) is 19.0. The predicted octanol–water partition coefficient (Wildman–Crippen LogP) is 12.0. The lowest BCUT2D eigenvalue weighted by atomic mass is 10.1. The van der Waals surface area contributed by atoms with Crippen molar-refractivity contribution in [2.45, 2.75) is 33.3 Å². The molecular formula is C38H30O3S5. The molecule has 0 aliphatic rings. The molecule has 0 amide bonds. The molecule has 0 bridgehead atoms. The Hall–Kier alpha value is -3.63. The molecule has 46 heavy (non-hydrogen) atoms. The van der Waals surface area contributed by atoms with E-state index in [1.807, 2.05) is 23.5 Å². The van der Waals surface area contributed by atoms with E-state index in [0.717, 1.165) is 42.6 Å². The van der Waals surface area contributed by atoms with Gasteiger partial charge in [-0.25, -0.2) is 0 Å². The van der Waals surface area contributed by atoms with Crippen molar-refractivity contribution in [1.82, 2.24) is 0 Å². The Bertz CT molecular complexity index is 2130. The minimum Gasteiger partial charge on any atom is -0.481 e. The van der Waals surface area contributed by atoms with Crippen LogP contribution in [-0.2, 0) is 24.2 Å². The average Bonchev–Trinajstić information content (AvgIpc) is 3.91. The van der Waals surface area contributed by atoms with E-state index >= 15 is 0 Å². The molecule has 8 heteroatoms. The molecule has 0 saturated carbocycles. The normalized spacial score (nSPS) is 11.4. The van der Waals surface area contributed by atoms with Crippen molar-refractivity contribution in [2.75, 3.05) is 0 Å². The number of benzene rings is 2. The molecule has 0 spiro atoms. The molecule has 0 unspecified atom stereocenters. The monoisotopic (exact) mass is 694 g/mol. The highest BCUT2D eigenvalue weighted by atomic mass is 32.1. The molecule has 0 aliphatic heterocycles. The average molecular weight is 695 g/mol. The van der Waals surface area contributed by atoms with Crippen molar-refractivity contribution >= 4 is 62.7 Å². The molecule has 2 N–H and O–H groups in total. The maximum absolute atomic E-state index is 11.9. The van der Waals surface area contributed by atoms with Gasteiger partial charge in [-0.05, 0) is 95.3 Å². The van der Waals surface area contributed by atoms with Gasteiger partial charge in [-0.3, -0.25) is 4.79 Å². The van der Waals surface area contributed by atoms with Crippen LogP contribution in [0.4, 0.5) is 0 Å². The highest BCUT2D eigenvalue weighted by Crippen LogP contribution is 2.48. The topological polar surface area (TPSA) is 57.5 Å². The van der Waals surface area contributed by atoms with Crippen LogP contribution in [0.25, 0.3) is 59.9 Å². The van der Waals surface area contributed by atoms with E-state index < -0.39 is 5.97 Å². The summed E-state index contributed by atoms with van der Waals surface area (Å²) in [5.41, 5.74) is 6.71. The van der Waals surface area contributed by atoms with Gasteiger partial charge in [0, 0.05) is 48.8 Å². The molecule has 7 rings (SSSR count). The van der Waals surface area contributed by atoms with Crippen LogP contribution in [0.5, 0.6) is 0 Å². The number of rotatable bonds is 10. The van der Waals surface area contributed by atoms with Gasteiger partial charge in [-0.2, -0.15) is 0 Å². The summed E-state index contributed by atoms with van der Waals surface area (Å²) in [4.78, 5) is 23.6. The largest absolute Gasteiger partial charge is 0.481 e. The van der Waals surface area contributed by atoms with Crippen molar-refractivity contribution < 1.29 is 15.0 Å². The van der Waals surface area contributed by atoms with E-state index in [9.17, 15) is 15.0 Å². The highest BCUT2D eigenvalue weighted by Gasteiger charge is 2.20. The Morgan fingerprint density at radius 2 is 1.04 bits per heavy atom. The van der Waals surface area contributed by atoms with Crippen LogP contribution in [-0.4, -0.2) is 16.2 Å². The lowest BCUT2D eigenvalue weighted by molar-refractivity contribution is -0.136. The number of thiophene rings is 5. The minimum absolute atomic E-state index is 0.00138. The van der Waals surface area contributed by atoms with Gasteiger partial charge < -0.3 is 10.2 Å². The number of aliphatic hydroxyl groups excluding tert-OH is 1. The van der Waals surface area contributed by atoms with Crippen LogP contribution in [0.3, 0.4) is 0 Å². The number of aliphatic carboxylic acids is 1. The molecule has 3 nitrogen and oxygen atoms in total. The second kappa shape index (κ2) is 13.2. The summed E-state index contributed by atoms with van der Waals surface area (Å²) in [5.74, 6) is -0.816.